The highest BCUT2D eigenvalue weighted by Crippen LogP contribution is 2.26. The summed E-state index contributed by atoms with van der Waals surface area (Å²) >= 11 is 1.17. The second-order valence-electron chi connectivity index (χ2n) is 6.04. The van der Waals surface area contributed by atoms with E-state index in [9.17, 15) is 14.9 Å². The van der Waals surface area contributed by atoms with Gasteiger partial charge in [-0.1, -0.05) is 23.9 Å². The maximum atomic E-state index is 12.4. The summed E-state index contributed by atoms with van der Waals surface area (Å²) in [4.78, 5) is 31.8. The van der Waals surface area contributed by atoms with E-state index in [4.69, 9.17) is 0 Å². The third-order valence-corrected chi connectivity index (χ3v) is 5.20. The van der Waals surface area contributed by atoms with Gasteiger partial charge in [0.15, 0.2) is 0 Å². The molecule has 1 atom stereocenters. The molecule has 1 N–H and O–H groups in total. The van der Waals surface area contributed by atoms with E-state index in [1.165, 1.54) is 23.9 Å². The molecule has 0 spiro atoms. The molecule has 9 nitrogen and oxygen atoms in total. The molecule has 0 saturated carbocycles. The average Bonchev–Trinajstić information content (AvgIpc) is 3.02. The fourth-order valence-electron chi connectivity index (χ4n) is 2.47. The number of benzene rings is 1. The number of nitrogens with one attached hydrogen (secondary N) is 1. The number of thioether (sulfide) groups is 1. The molecule has 0 bridgehead atoms. The van der Waals surface area contributed by atoms with Crippen molar-refractivity contribution >= 4 is 34.8 Å². The molecule has 2 heterocycles. The van der Waals surface area contributed by atoms with Crippen LogP contribution in [0.4, 0.5) is 11.4 Å². The van der Waals surface area contributed by atoms with Gasteiger partial charge in [0.05, 0.1) is 10.2 Å². The van der Waals surface area contributed by atoms with Gasteiger partial charge in [0.25, 0.3) is 11.5 Å². The molecule has 0 saturated heterocycles. The molecule has 3 rings (SSSR count). The summed E-state index contributed by atoms with van der Waals surface area (Å²) in [5.41, 5.74) is 2.86. The van der Waals surface area contributed by atoms with Gasteiger partial charge in [-0.3, -0.25) is 14.9 Å². The standard InChI is InChI=1S/C17H18N6O3S/c1-9-10(2)18-16-20-17(21-22(16)11(9)3)27-12(4)15(24)19-13-7-5-6-8-14(13)23(25)26/h5-8,12H,1-4H3,(H,19,24). The van der Waals surface area contributed by atoms with E-state index >= 15 is 0 Å². The number of rotatable bonds is 5. The van der Waals surface area contributed by atoms with Crippen molar-refractivity contribution in [1.82, 2.24) is 19.6 Å². The maximum Gasteiger partial charge on any atom is 0.292 e. The molecule has 1 aromatic carbocycles. The third-order valence-electron chi connectivity index (χ3n) is 4.25. The highest BCUT2D eigenvalue weighted by molar-refractivity contribution is 8.00. The first kappa shape index (κ1) is 18.8. The van der Waals surface area contributed by atoms with E-state index < -0.39 is 10.2 Å². The van der Waals surface area contributed by atoms with Crippen LogP contribution >= 0.6 is 11.8 Å². The van der Waals surface area contributed by atoms with E-state index in [1.807, 2.05) is 20.8 Å². The number of nitro groups is 1. The van der Waals surface area contributed by atoms with Gasteiger partial charge in [0, 0.05) is 17.5 Å². The Morgan fingerprint density at radius 2 is 1.96 bits per heavy atom. The predicted molar refractivity (Wildman–Crippen MR) is 102 cm³/mol. The van der Waals surface area contributed by atoms with E-state index in [1.54, 1.807) is 23.6 Å². The molecule has 10 heteroatoms. The predicted octanol–water partition coefficient (Wildman–Crippen LogP) is 3.08. The lowest BCUT2D eigenvalue weighted by Crippen LogP contribution is -2.23. The largest absolute Gasteiger partial charge is 0.319 e. The molecule has 1 unspecified atom stereocenters. The van der Waals surface area contributed by atoms with Crippen molar-refractivity contribution in [2.75, 3.05) is 5.32 Å². The van der Waals surface area contributed by atoms with Crippen LogP contribution in [-0.4, -0.2) is 35.7 Å². The van der Waals surface area contributed by atoms with Gasteiger partial charge in [-0.15, -0.1) is 5.10 Å². The molecule has 0 radical (unpaired) electrons. The first-order valence-corrected chi connectivity index (χ1v) is 9.07. The molecule has 3 aromatic rings. The molecule has 1 amide bonds. The summed E-state index contributed by atoms with van der Waals surface area (Å²) in [6.07, 6.45) is 0. The molecule has 27 heavy (non-hydrogen) atoms. The van der Waals surface area contributed by atoms with Crippen LogP contribution in [0.15, 0.2) is 29.4 Å². The van der Waals surface area contributed by atoms with Gasteiger partial charge < -0.3 is 5.32 Å². The number of hydrogen-bond donors (Lipinski definition) is 1. The van der Waals surface area contributed by atoms with E-state index in [2.05, 4.69) is 20.4 Å². The number of nitro benzene ring substituents is 1. The van der Waals surface area contributed by atoms with Gasteiger partial charge in [-0.25, -0.2) is 9.50 Å². The van der Waals surface area contributed by atoms with Crippen LogP contribution in [0.5, 0.6) is 0 Å². The topological polar surface area (TPSA) is 115 Å². The van der Waals surface area contributed by atoms with Crippen LogP contribution in [0.2, 0.25) is 0 Å². The van der Waals surface area contributed by atoms with Gasteiger partial charge in [-0.05, 0) is 39.3 Å². The third kappa shape index (κ3) is 3.75. The van der Waals surface area contributed by atoms with Crippen LogP contribution in [0.1, 0.15) is 23.9 Å². The fraction of sp³-hybridized carbons (Fsp3) is 0.294. The van der Waals surface area contributed by atoms with Gasteiger partial charge in [-0.2, -0.15) is 4.98 Å². The number of para-hydroxylation sites is 2. The first-order valence-electron chi connectivity index (χ1n) is 8.19. The van der Waals surface area contributed by atoms with Crippen molar-refractivity contribution in [2.45, 2.75) is 38.1 Å². The molecular formula is C17H18N6O3S. The van der Waals surface area contributed by atoms with Crippen molar-refractivity contribution in [2.24, 2.45) is 0 Å². The van der Waals surface area contributed by atoms with Gasteiger partial charge in [0.1, 0.15) is 5.69 Å². The molecule has 0 aliphatic rings. The van der Waals surface area contributed by atoms with E-state index in [0.717, 1.165) is 17.0 Å². The number of nitrogens with zero attached hydrogens (tertiary/aromatic N) is 5. The summed E-state index contributed by atoms with van der Waals surface area (Å²) < 4.78 is 1.65. The number of carbonyl (C=O) groups is 1. The maximum absolute atomic E-state index is 12.4. The molecule has 0 aliphatic carbocycles. The fourth-order valence-corrected chi connectivity index (χ4v) is 3.22. The summed E-state index contributed by atoms with van der Waals surface area (Å²) in [7, 11) is 0. The van der Waals surface area contributed by atoms with E-state index in [-0.39, 0.29) is 17.3 Å². The average molecular weight is 386 g/mol. The van der Waals surface area contributed by atoms with Crippen LogP contribution in [0.25, 0.3) is 5.78 Å². The smallest absolute Gasteiger partial charge is 0.292 e. The van der Waals surface area contributed by atoms with Crippen molar-refractivity contribution in [1.29, 1.82) is 0 Å². The SMILES string of the molecule is Cc1nc2nc(SC(C)C(=O)Nc3ccccc3[N+](=O)[O-])nn2c(C)c1C. The number of fused-ring (bicyclic) bond motifs is 1. The highest BCUT2D eigenvalue weighted by Gasteiger charge is 2.21. The molecule has 140 valence electrons. The second kappa shape index (κ2) is 7.31. The van der Waals surface area contributed by atoms with Crippen molar-refractivity contribution in [3.05, 3.63) is 51.3 Å². The summed E-state index contributed by atoms with van der Waals surface area (Å²) in [5.74, 6) is 0.106. The lowest BCUT2D eigenvalue weighted by molar-refractivity contribution is -0.383. The summed E-state index contributed by atoms with van der Waals surface area (Å²) in [5, 5.41) is 17.9. The Bertz CT molecular complexity index is 1050. The Labute approximate surface area is 159 Å². The highest BCUT2D eigenvalue weighted by atomic mass is 32.2. The van der Waals surface area contributed by atoms with E-state index in [0.29, 0.717) is 10.9 Å². The quantitative estimate of drug-likeness (QED) is 0.407. The van der Waals surface area contributed by atoms with Crippen LogP contribution in [0, 0.1) is 30.9 Å². The number of anilines is 1. The summed E-state index contributed by atoms with van der Waals surface area (Å²) in [6, 6.07) is 6.01. The second-order valence-corrected chi connectivity index (χ2v) is 7.35. The zero-order chi connectivity index (χ0) is 19.7. The minimum atomic E-state index is -0.551. The van der Waals surface area contributed by atoms with Crippen molar-refractivity contribution in [3.8, 4) is 0 Å². The molecule has 0 fully saturated rings. The monoisotopic (exact) mass is 386 g/mol. The zero-order valence-electron chi connectivity index (χ0n) is 15.3. The minimum absolute atomic E-state index is 0.153. The van der Waals surface area contributed by atoms with Gasteiger partial charge >= 0.3 is 0 Å². The van der Waals surface area contributed by atoms with Crippen molar-refractivity contribution < 1.29 is 9.72 Å². The Morgan fingerprint density at radius 3 is 2.67 bits per heavy atom. The van der Waals surface area contributed by atoms with Crippen molar-refractivity contribution in [3.63, 3.8) is 0 Å². The number of hydrogen-bond acceptors (Lipinski definition) is 7. The Kier molecular flexibility index (Phi) is 5.08. The molecule has 0 aliphatic heterocycles. The van der Waals surface area contributed by atoms with Gasteiger partial charge in [0.2, 0.25) is 11.1 Å². The Balaban J connectivity index is 1.78. The van der Waals surface area contributed by atoms with Crippen LogP contribution in [0.3, 0.4) is 0 Å². The number of aromatic nitrogens is 4. The Hall–Kier alpha value is -3.01. The first-order chi connectivity index (χ1) is 12.8. The Morgan fingerprint density at radius 1 is 1.26 bits per heavy atom. The normalized spacial score (nSPS) is 12.1. The lowest BCUT2D eigenvalue weighted by Gasteiger charge is -2.10. The molecular weight excluding hydrogens is 368 g/mol. The number of aryl methyl sites for hydroxylation is 2. The minimum Gasteiger partial charge on any atom is -0.319 e. The summed E-state index contributed by atoms with van der Waals surface area (Å²) in [6.45, 7) is 7.50. The van der Waals surface area contributed by atoms with Crippen LogP contribution in [-0.2, 0) is 4.79 Å². The van der Waals surface area contributed by atoms with Crippen LogP contribution < -0.4 is 5.32 Å². The lowest BCUT2D eigenvalue weighted by atomic mass is 10.2. The number of carbonyl (C=O) groups excluding carboxylic acids is 1. The number of amides is 1. The zero-order valence-corrected chi connectivity index (χ0v) is 16.1. The molecule has 2 aromatic heterocycles.